The highest BCUT2D eigenvalue weighted by atomic mass is 32.2. The maximum Gasteiger partial charge on any atom is 0.211 e. The van der Waals surface area contributed by atoms with E-state index in [9.17, 15) is 8.42 Å². The minimum Gasteiger partial charge on any atom is -0.381 e. The first-order valence-corrected chi connectivity index (χ1v) is 10.0. The third kappa shape index (κ3) is 3.79. The van der Waals surface area contributed by atoms with Gasteiger partial charge in [0.15, 0.2) is 0 Å². The Labute approximate surface area is 133 Å². The molecule has 1 aromatic rings. The number of hydrogen-bond donors (Lipinski definition) is 1. The van der Waals surface area contributed by atoms with Crippen LogP contribution in [-0.4, -0.2) is 43.1 Å². The van der Waals surface area contributed by atoms with Crippen LogP contribution in [0.25, 0.3) is 0 Å². The lowest BCUT2D eigenvalue weighted by atomic mass is 9.95. The molecule has 2 heterocycles. The molecular formula is C16H25N3O2S. The first-order chi connectivity index (χ1) is 10.5. The molecule has 3 rings (SSSR count). The summed E-state index contributed by atoms with van der Waals surface area (Å²) in [6.07, 6.45) is 10.2. The third-order valence-electron chi connectivity index (χ3n) is 4.78. The largest absolute Gasteiger partial charge is 0.381 e. The van der Waals surface area contributed by atoms with E-state index in [1.807, 2.05) is 12.3 Å². The fourth-order valence-electron chi connectivity index (χ4n) is 3.52. The molecule has 2 aliphatic rings. The van der Waals surface area contributed by atoms with Gasteiger partial charge in [0.05, 0.1) is 18.1 Å². The Kier molecular flexibility index (Phi) is 4.68. The monoisotopic (exact) mass is 323 g/mol. The van der Waals surface area contributed by atoms with Crippen LogP contribution in [0.2, 0.25) is 0 Å². The van der Waals surface area contributed by atoms with E-state index in [-0.39, 0.29) is 5.92 Å². The van der Waals surface area contributed by atoms with Crippen molar-refractivity contribution < 1.29 is 8.42 Å². The van der Waals surface area contributed by atoms with Crippen molar-refractivity contribution in [3.8, 4) is 0 Å². The predicted molar refractivity (Wildman–Crippen MR) is 88.5 cm³/mol. The van der Waals surface area contributed by atoms with Gasteiger partial charge in [-0.05, 0) is 37.8 Å². The lowest BCUT2D eigenvalue weighted by Crippen LogP contribution is -2.38. The van der Waals surface area contributed by atoms with Gasteiger partial charge in [0.1, 0.15) is 0 Å². The van der Waals surface area contributed by atoms with Gasteiger partial charge < -0.3 is 5.32 Å². The smallest absolute Gasteiger partial charge is 0.211 e. The number of nitrogens with one attached hydrogen (secondary N) is 1. The van der Waals surface area contributed by atoms with Crippen molar-refractivity contribution in [2.45, 2.75) is 50.5 Å². The van der Waals surface area contributed by atoms with Crippen molar-refractivity contribution >= 4 is 15.7 Å². The highest BCUT2D eigenvalue weighted by Crippen LogP contribution is 2.28. The van der Waals surface area contributed by atoms with Gasteiger partial charge in [0, 0.05) is 30.7 Å². The van der Waals surface area contributed by atoms with Gasteiger partial charge >= 0.3 is 0 Å². The molecule has 1 aromatic heterocycles. The lowest BCUT2D eigenvalue weighted by molar-refractivity contribution is 0.314. The maximum atomic E-state index is 11.7. The summed E-state index contributed by atoms with van der Waals surface area (Å²) in [6.45, 7) is 1.19. The zero-order valence-corrected chi connectivity index (χ0v) is 14.0. The summed E-state index contributed by atoms with van der Waals surface area (Å²) >= 11 is 0. The van der Waals surface area contributed by atoms with Gasteiger partial charge in [-0.2, -0.15) is 0 Å². The molecule has 0 bridgehead atoms. The van der Waals surface area contributed by atoms with E-state index in [1.165, 1.54) is 31.9 Å². The zero-order valence-electron chi connectivity index (χ0n) is 13.2. The first kappa shape index (κ1) is 15.7. The van der Waals surface area contributed by atoms with Crippen molar-refractivity contribution in [3.05, 3.63) is 24.0 Å². The third-order valence-corrected chi connectivity index (χ3v) is 6.05. The van der Waals surface area contributed by atoms with E-state index >= 15 is 0 Å². The van der Waals surface area contributed by atoms with E-state index < -0.39 is 10.0 Å². The van der Waals surface area contributed by atoms with Crippen LogP contribution in [0.4, 0.5) is 5.69 Å². The van der Waals surface area contributed by atoms with Gasteiger partial charge in [0.25, 0.3) is 0 Å². The summed E-state index contributed by atoms with van der Waals surface area (Å²) in [5.41, 5.74) is 2.08. The Morgan fingerprint density at radius 2 is 1.95 bits per heavy atom. The number of pyridine rings is 1. The van der Waals surface area contributed by atoms with Crippen LogP contribution in [0.15, 0.2) is 18.3 Å². The fourth-order valence-corrected chi connectivity index (χ4v) is 4.43. The summed E-state index contributed by atoms with van der Waals surface area (Å²) in [5.74, 6) is 0.212. The molecule has 6 heteroatoms. The average molecular weight is 323 g/mol. The normalized spacial score (nSPS) is 24.5. The number of piperidine rings is 1. The molecular weight excluding hydrogens is 298 g/mol. The number of nitrogens with zero attached hydrogens (tertiary/aromatic N) is 2. The summed E-state index contributed by atoms with van der Waals surface area (Å²) in [4.78, 5) is 4.58. The lowest BCUT2D eigenvalue weighted by Gasteiger charge is -2.30. The number of aromatic nitrogens is 1. The van der Waals surface area contributed by atoms with E-state index in [4.69, 9.17) is 0 Å². The molecule has 1 aliphatic carbocycles. The molecule has 0 radical (unpaired) electrons. The van der Waals surface area contributed by atoms with Crippen molar-refractivity contribution in [2.24, 2.45) is 0 Å². The summed E-state index contributed by atoms with van der Waals surface area (Å²) in [7, 11) is -3.10. The Hall–Kier alpha value is -1.14. The highest BCUT2D eigenvalue weighted by Gasteiger charge is 2.27. The van der Waals surface area contributed by atoms with Crippen molar-refractivity contribution in [1.29, 1.82) is 0 Å². The number of sulfonamides is 1. The molecule has 0 spiro atoms. The second-order valence-corrected chi connectivity index (χ2v) is 8.54. The molecule has 1 aliphatic heterocycles. The molecule has 1 saturated heterocycles. The van der Waals surface area contributed by atoms with Crippen molar-refractivity contribution in [2.75, 3.05) is 24.7 Å². The summed E-state index contributed by atoms with van der Waals surface area (Å²) in [5, 5.41) is 3.54. The van der Waals surface area contributed by atoms with Gasteiger partial charge in [-0.3, -0.25) is 4.98 Å². The number of hydrogen-bond acceptors (Lipinski definition) is 4. The zero-order chi connectivity index (χ0) is 15.6. The molecule has 0 aromatic carbocycles. The van der Waals surface area contributed by atoms with Crippen LogP contribution in [-0.2, 0) is 10.0 Å². The molecule has 5 nitrogen and oxygen atoms in total. The van der Waals surface area contributed by atoms with Crippen LogP contribution >= 0.6 is 0 Å². The van der Waals surface area contributed by atoms with Crippen LogP contribution in [0.5, 0.6) is 0 Å². The van der Waals surface area contributed by atoms with E-state index in [0.29, 0.717) is 19.1 Å². The van der Waals surface area contributed by atoms with Crippen LogP contribution in [0, 0.1) is 0 Å². The molecule has 2 fully saturated rings. The molecule has 0 amide bonds. The quantitative estimate of drug-likeness (QED) is 0.925. The number of anilines is 1. The molecule has 1 N–H and O–H groups in total. The van der Waals surface area contributed by atoms with Crippen LogP contribution in [0.1, 0.15) is 50.1 Å². The number of rotatable bonds is 4. The molecule has 1 unspecified atom stereocenters. The minimum absolute atomic E-state index is 0.212. The summed E-state index contributed by atoms with van der Waals surface area (Å²) < 4.78 is 25.0. The van der Waals surface area contributed by atoms with Crippen molar-refractivity contribution in [3.63, 3.8) is 0 Å². The van der Waals surface area contributed by atoms with E-state index in [1.54, 1.807) is 4.31 Å². The Bertz CT molecular complexity index is 594. The van der Waals surface area contributed by atoms with Gasteiger partial charge in [-0.1, -0.05) is 12.8 Å². The standard InChI is InChI=1S/C16H25N3O2S/c1-22(20,21)19-10-4-5-13(12-19)16-9-8-15(11-17-16)18-14-6-2-3-7-14/h8-9,11,13-14,18H,2-7,10,12H2,1H3. The minimum atomic E-state index is -3.10. The Morgan fingerprint density at radius 3 is 2.59 bits per heavy atom. The van der Waals surface area contributed by atoms with Crippen LogP contribution in [0.3, 0.4) is 0 Å². The van der Waals surface area contributed by atoms with Gasteiger partial charge in [-0.25, -0.2) is 12.7 Å². The maximum absolute atomic E-state index is 11.7. The highest BCUT2D eigenvalue weighted by molar-refractivity contribution is 7.88. The van der Waals surface area contributed by atoms with Crippen LogP contribution < -0.4 is 5.32 Å². The van der Waals surface area contributed by atoms with Gasteiger partial charge in [-0.15, -0.1) is 0 Å². The second-order valence-electron chi connectivity index (χ2n) is 6.56. The predicted octanol–water partition coefficient (Wildman–Crippen LogP) is 2.58. The van der Waals surface area contributed by atoms with E-state index in [0.717, 1.165) is 24.2 Å². The Balaban J connectivity index is 1.64. The average Bonchev–Trinajstić information content (AvgIpc) is 3.00. The fraction of sp³-hybridized carbons (Fsp3) is 0.688. The SMILES string of the molecule is CS(=O)(=O)N1CCCC(c2ccc(NC3CCCC3)cn2)C1. The second kappa shape index (κ2) is 6.54. The molecule has 122 valence electrons. The summed E-state index contributed by atoms with van der Waals surface area (Å²) in [6, 6.07) is 4.72. The van der Waals surface area contributed by atoms with Crippen molar-refractivity contribution in [1.82, 2.24) is 9.29 Å². The topological polar surface area (TPSA) is 62.3 Å². The molecule has 1 atom stereocenters. The first-order valence-electron chi connectivity index (χ1n) is 8.20. The molecule has 1 saturated carbocycles. The molecule has 22 heavy (non-hydrogen) atoms. The van der Waals surface area contributed by atoms with E-state index in [2.05, 4.69) is 16.4 Å². The Morgan fingerprint density at radius 1 is 1.18 bits per heavy atom. The van der Waals surface area contributed by atoms with Gasteiger partial charge in [0.2, 0.25) is 10.0 Å².